The second-order valence-electron chi connectivity index (χ2n) is 13.9. The molecule has 3 atom stereocenters. The Kier molecular flexibility index (Phi) is 14.3. The van der Waals surface area contributed by atoms with Crippen LogP contribution in [-0.4, -0.2) is 82.5 Å². The van der Waals surface area contributed by atoms with Crippen molar-refractivity contribution in [1.29, 1.82) is 0 Å². The van der Waals surface area contributed by atoms with Crippen LogP contribution in [0.5, 0.6) is 34.5 Å². The molecule has 1 heterocycles. The number of methoxy groups -OCH3 is 5. The summed E-state index contributed by atoms with van der Waals surface area (Å²) in [6.07, 6.45) is 8.29. The number of rotatable bonds is 17. The number of carboxylic acids is 1. The van der Waals surface area contributed by atoms with Crippen LogP contribution >= 0.6 is 0 Å². The zero-order chi connectivity index (χ0) is 38.6. The van der Waals surface area contributed by atoms with Crippen molar-refractivity contribution < 1.29 is 47.9 Å². The van der Waals surface area contributed by atoms with Gasteiger partial charge < -0.3 is 43.7 Å². The Morgan fingerprint density at radius 3 is 2.09 bits per heavy atom. The molecule has 12 nitrogen and oxygen atoms in total. The van der Waals surface area contributed by atoms with Crippen LogP contribution in [0.15, 0.2) is 54.6 Å². The summed E-state index contributed by atoms with van der Waals surface area (Å²) < 4.78 is 33.4. The van der Waals surface area contributed by atoms with E-state index < -0.39 is 30.6 Å². The highest BCUT2D eigenvalue weighted by atomic mass is 16.5. The summed E-state index contributed by atoms with van der Waals surface area (Å²) in [6.45, 7) is -0.0151. The molecule has 2 N–H and O–H groups in total. The molecule has 54 heavy (non-hydrogen) atoms. The minimum atomic E-state index is -1.08. The molecule has 0 aromatic heterocycles. The lowest BCUT2D eigenvalue weighted by atomic mass is 9.75. The van der Waals surface area contributed by atoms with E-state index in [0.717, 1.165) is 61.6 Å². The van der Waals surface area contributed by atoms with E-state index in [4.69, 9.17) is 28.4 Å². The summed E-state index contributed by atoms with van der Waals surface area (Å²) in [6, 6.07) is 15.5. The highest BCUT2D eigenvalue weighted by Crippen LogP contribution is 2.45. The fraction of sp³-hybridized carbons (Fsp3) is 0.500. The number of likely N-dealkylation sites (tertiary alicyclic amines) is 1. The topological polar surface area (TPSA) is 142 Å². The zero-order valence-corrected chi connectivity index (χ0v) is 32.1. The summed E-state index contributed by atoms with van der Waals surface area (Å²) >= 11 is 0. The van der Waals surface area contributed by atoms with Crippen LogP contribution in [0, 0.1) is 5.92 Å². The fourth-order valence-electron chi connectivity index (χ4n) is 7.91. The molecule has 292 valence electrons. The van der Waals surface area contributed by atoms with Gasteiger partial charge in [0.15, 0.2) is 29.6 Å². The van der Waals surface area contributed by atoms with Crippen LogP contribution in [0.1, 0.15) is 86.4 Å². The second-order valence-corrected chi connectivity index (χ2v) is 13.9. The Labute approximate surface area is 318 Å². The largest absolute Gasteiger partial charge is 0.493 e. The van der Waals surface area contributed by atoms with E-state index in [1.54, 1.807) is 58.6 Å². The summed E-state index contributed by atoms with van der Waals surface area (Å²) in [5.74, 6) is 1.27. The number of nitrogens with zero attached hydrogens (tertiary/aromatic N) is 1. The molecule has 2 fully saturated rings. The third kappa shape index (κ3) is 9.69. The molecular formula is C42H54N2O10. The molecule has 1 aliphatic heterocycles. The standard InChI is InChI=1S/C42H54N2O10/c1-49-34-20-18-27(22-35(34)50-2)17-19-32(29-14-11-15-31(23-29)54-26-38(45)46)43-41(47)33-16-9-10-21-44(33)42(48)39(28-12-7-6-8-13-28)30-24-36(51-3)40(53-5)37(25-30)52-4/h11,14-15,18,20,22-25,28,32-33,39H,6-10,12-13,16-17,19,21,26H2,1-5H3,(H,43,47)(H,45,46)/t32-,33?,39?/m1/s1. The van der Waals surface area contributed by atoms with Gasteiger partial charge in [0.2, 0.25) is 17.6 Å². The van der Waals surface area contributed by atoms with Crippen LogP contribution in [0.3, 0.4) is 0 Å². The number of hydrogen-bond acceptors (Lipinski definition) is 9. The first-order chi connectivity index (χ1) is 26.2. The first-order valence-corrected chi connectivity index (χ1v) is 18.8. The van der Waals surface area contributed by atoms with Gasteiger partial charge in [0.05, 0.1) is 47.5 Å². The molecule has 2 unspecified atom stereocenters. The highest BCUT2D eigenvalue weighted by molar-refractivity contribution is 5.91. The SMILES string of the molecule is COc1ccc(CC[C@@H](NC(=O)C2CCCCN2C(=O)C(c2cc(OC)c(OC)c(OC)c2)C2CCCCC2)c2cccc(OCC(=O)O)c2)cc1OC. The van der Waals surface area contributed by atoms with E-state index in [9.17, 15) is 19.5 Å². The Morgan fingerprint density at radius 2 is 1.44 bits per heavy atom. The number of aliphatic carboxylic acids is 1. The van der Waals surface area contributed by atoms with Crippen LogP contribution in [0.25, 0.3) is 0 Å². The lowest BCUT2D eigenvalue weighted by Gasteiger charge is -2.40. The number of aryl methyl sites for hydroxylation is 1. The van der Waals surface area contributed by atoms with E-state index in [1.165, 1.54) is 0 Å². The lowest BCUT2D eigenvalue weighted by molar-refractivity contribution is -0.145. The smallest absolute Gasteiger partial charge is 0.341 e. The molecule has 1 saturated carbocycles. The first kappa shape index (κ1) is 40.1. The Balaban J connectivity index is 1.45. The maximum Gasteiger partial charge on any atom is 0.341 e. The third-order valence-corrected chi connectivity index (χ3v) is 10.6. The highest BCUT2D eigenvalue weighted by Gasteiger charge is 2.40. The van der Waals surface area contributed by atoms with Crippen LogP contribution in [-0.2, 0) is 20.8 Å². The lowest BCUT2D eigenvalue weighted by Crippen LogP contribution is -2.54. The summed E-state index contributed by atoms with van der Waals surface area (Å²) in [5, 5.41) is 12.5. The van der Waals surface area contributed by atoms with Crippen molar-refractivity contribution in [3.63, 3.8) is 0 Å². The van der Waals surface area contributed by atoms with E-state index in [2.05, 4.69) is 5.32 Å². The van der Waals surface area contributed by atoms with Gasteiger partial charge in [0.25, 0.3) is 0 Å². The van der Waals surface area contributed by atoms with Gasteiger partial charge >= 0.3 is 5.97 Å². The molecule has 0 bridgehead atoms. The molecule has 12 heteroatoms. The van der Waals surface area contributed by atoms with Crippen LogP contribution in [0.4, 0.5) is 0 Å². The van der Waals surface area contributed by atoms with Crippen molar-refractivity contribution in [3.05, 3.63) is 71.3 Å². The monoisotopic (exact) mass is 746 g/mol. The minimum absolute atomic E-state index is 0.0676. The number of carbonyl (C=O) groups is 3. The normalized spacial score (nSPS) is 17.1. The van der Waals surface area contributed by atoms with Crippen molar-refractivity contribution >= 4 is 17.8 Å². The molecule has 3 aromatic carbocycles. The summed E-state index contributed by atoms with van der Waals surface area (Å²) in [4.78, 5) is 42.5. The van der Waals surface area contributed by atoms with Gasteiger partial charge in [-0.1, -0.05) is 37.5 Å². The quantitative estimate of drug-likeness (QED) is 0.153. The van der Waals surface area contributed by atoms with E-state index in [-0.39, 0.29) is 17.7 Å². The Morgan fingerprint density at radius 1 is 0.759 bits per heavy atom. The first-order valence-electron chi connectivity index (χ1n) is 18.8. The predicted octanol–water partition coefficient (Wildman–Crippen LogP) is 6.73. The van der Waals surface area contributed by atoms with Crippen molar-refractivity contribution in [1.82, 2.24) is 10.2 Å². The van der Waals surface area contributed by atoms with Crippen molar-refractivity contribution in [2.45, 2.75) is 82.2 Å². The maximum atomic E-state index is 15.0. The number of nitrogens with one attached hydrogen (secondary N) is 1. The average molecular weight is 747 g/mol. The van der Waals surface area contributed by atoms with Gasteiger partial charge in [0, 0.05) is 6.54 Å². The maximum absolute atomic E-state index is 15.0. The Hall–Kier alpha value is -5.13. The number of ether oxygens (including phenoxy) is 6. The van der Waals surface area contributed by atoms with Gasteiger partial charge in [-0.25, -0.2) is 4.79 Å². The summed E-state index contributed by atoms with van der Waals surface area (Å²) in [5.41, 5.74) is 2.54. The van der Waals surface area contributed by atoms with Crippen LogP contribution in [0.2, 0.25) is 0 Å². The Bertz CT molecular complexity index is 1710. The fourth-order valence-corrected chi connectivity index (χ4v) is 7.91. The molecule has 1 aliphatic carbocycles. The van der Waals surface area contributed by atoms with Crippen LogP contribution < -0.4 is 33.7 Å². The number of carbonyl (C=O) groups excluding carboxylic acids is 2. The molecule has 5 rings (SSSR count). The molecule has 0 spiro atoms. The van der Waals surface area contributed by atoms with E-state index in [0.29, 0.717) is 60.3 Å². The second kappa shape index (κ2) is 19.3. The molecule has 2 aliphatic rings. The summed E-state index contributed by atoms with van der Waals surface area (Å²) in [7, 11) is 7.87. The molecule has 2 amide bonds. The van der Waals surface area contributed by atoms with E-state index in [1.807, 2.05) is 36.4 Å². The van der Waals surface area contributed by atoms with Gasteiger partial charge in [-0.3, -0.25) is 9.59 Å². The van der Waals surface area contributed by atoms with Crippen molar-refractivity contribution in [2.75, 3.05) is 48.7 Å². The third-order valence-electron chi connectivity index (χ3n) is 10.6. The van der Waals surface area contributed by atoms with Crippen molar-refractivity contribution in [3.8, 4) is 34.5 Å². The number of amides is 2. The predicted molar refractivity (Wildman–Crippen MR) is 203 cm³/mol. The molecule has 3 aromatic rings. The number of piperidine rings is 1. The molecular weight excluding hydrogens is 692 g/mol. The van der Waals surface area contributed by atoms with E-state index >= 15 is 0 Å². The molecule has 1 saturated heterocycles. The number of benzene rings is 3. The van der Waals surface area contributed by atoms with Gasteiger partial charge in [-0.05, 0) is 104 Å². The van der Waals surface area contributed by atoms with Gasteiger partial charge in [-0.2, -0.15) is 0 Å². The average Bonchev–Trinajstić information content (AvgIpc) is 3.21. The minimum Gasteiger partial charge on any atom is -0.493 e. The van der Waals surface area contributed by atoms with Crippen molar-refractivity contribution in [2.24, 2.45) is 5.92 Å². The van der Waals surface area contributed by atoms with Gasteiger partial charge in [0.1, 0.15) is 11.8 Å². The zero-order valence-electron chi connectivity index (χ0n) is 32.1. The molecule has 0 radical (unpaired) electrons. The number of carboxylic acid groups (broad SMARTS) is 1. The van der Waals surface area contributed by atoms with Gasteiger partial charge in [-0.15, -0.1) is 0 Å². The number of hydrogen-bond donors (Lipinski definition) is 2.